The van der Waals surface area contributed by atoms with Gasteiger partial charge in [-0.15, -0.1) is 11.3 Å². The summed E-state index contributed by atoms with van der Waals surface area (Å²) >= 11 is 1.84. The highest BCUT2D eigenvalue weighted by atomic mass is 32.1. The third kappa shape index (κ3) is 3.10. The van der Waals surface area contributed by atoms with E-state index in [0.29, 0.717) is 0 Å². The maximum atomic E-state index is 12.9. The number of benzene rings is 1. The van der Waals surface area contributed by atoms with Crippen molar-refractivity contribution in [3.05, 3.63) is 57.3 Å². The van der Waals surface area contributed by atoms with Gasteiger partial charge in [-0.25, -0.2) is 0 Å². The van der Waals surface area contributed by atoms with Crippen molar-refractivity contribution in [3.63, 3.8) is 0 Å². The van der Waals surface area contributed by atoms with Gasteiger partial charge in [-0.05, 0) is 53.0 Å². The zero-order chi connectivity index (χ0) is 18.4. The van der Waals surface area contributed by atoms with Crippen molar-refractivity contribution in [3.8, 4) is 0 Å². The summed E-state index contributed by atoms with van der Waals surface area (Å²) in [4.78, 5) is 16.4. The number of thiophene rings is 1. The summed E-state index contributed by atoms with van der Waals surface area (Å²) in [5.41, 5.74) is 3.35. The van der Waals surface area contributed by atoms with Gasteiger partial charge in [0.2, 0.25) is 0 Å². The Hall–Kier alpha value is -1.65. The fourth-order valence-electron chi connectivity index (χ4n) is 4.14. The van der Waals surface area contributed by atoms with E-state index in [1.165, 1.54) is 16.0 Å². The second kappa shape index (κ2) is 6.50. The van der Waals surface area contributed by atoms with Gasteiger partial charge in [0.25, 0.3) is 5.91 Å². The third-order valence-electron chi connectivity index (χ3n) is 5.80. The molecule has 0 unspecified atom stereocenters. The average Bonchev–Trinajstić information content (AvgIpc) is 3.12. The van der Waals surface area contributed by atoms with Crippen LogP contribution in [0, 0.1) is 0 Å². The minimum Gasteiger partial charge on any atom is -0.370 e. The van der Waals surface area contributed by atoms with E-state index in [9.17, 15) is 4.79 Å². The second-order valence-electron chi connectivity index (χ2n) is 8.47. The van der Waals surface area contributed by atoms with Crippen LogP contribution in [-0.2, 0) is 22.2 Å². The minimum atomic E-state index is -0.166. The summed E-state index contributed by atoms with van der Waals surface area (Å²) in [5, 5.41) is 2.18. The van der Waals surface area contributed by atoms with Gasteiger partial charge in [0.05, 0.1) is 12.2 Å². The molecule has 1 fully saturated rings. The van der Waals surface area contributed by atoms with Gasteiger partial charge >= 0.3 is 0 Å². The van der Waals surface area contributed by atoms with Crippen LogP contribution in [0.5, 0.6) is 0 Å². The van der Waals surface area contributed by atoms with Crippen LogP contribution in [0.1, 0.15) is 60.0 Å². The first-order valence-electron chi connectivity index (χ1n) is 9.50. The molecule has 2 aliphatic heterocycles. The lowest BCUT2D eigenvalue weighted by Gasteiger charge is -2.44. The molecular weight excluding hydrogens is 342 g/mol. The van der Waals surface area contributed by atoms with Gasteiger partial charge < -0.3 is 9.64 Å². The van der Waals surface area contributed by atoms with Crippen molar-refractivity contribution in [1.82, 2.24) is 4.90 Å². The molecule has 1 aromatic heterocycles. The molecule has 3 heterocycles. The number of likely N-dealkylation sites (tertiary alicyclic amines) is 1. The number of fused-ring (bicyclic) bond motifs is 2. The number of piperidine rings is 1. The molecule has 2 aromatic rings. The standard InChI is InChI=1S/C22H27NO2S/c1-21(2,3)17-6-4-16(5-7-17)20(24)23-12-10-22(11-13-23)18-9-15-26-19(18)8-14-25-22/h4-7,9,15H,8,10-14H2,1-3H3. The average molecular weight is 370 g/mol. The number of carbonyl (C=O) groups excluding carboxylic acids is 1. The van der Waals surface area contributed by atoms with Gasteiger partial charge in [-0.3, -0.25) is 4.79 Å². The third-order valence-corrected chi connectivity index (χ3v) is 6.78. The van der Waals surface area contributed by atoms with Crippen LogP contribution >= 0.6 is 11.3 Å². The molecule has 26 heavy (non-hydrogen) atoms. The summed E-state index contributed by atoms with van der Waals surface area (Å²) in [5.74, 6) is 0.140. The highest BCUT2D eigenvalue weighted by Gasteiger charge is 2.42. The molecule has 1 amide bonds. The van der Waals surface area contributed by atoms with Crippen LogP contribution in [0.4, 0.5) is 0 Å². The zero-order valence-electron chi connectivity index (χ0n) is 15.9. The topological polar surface area (TPSA) is 29.5 Å². The van der Waals surface area contributed by atoms with E-state index in [4.69, 9.17) is 4.74 Å². The molecule has 3 nitrogen and oxygen atoms in total. The Kier molecular flexibility index (Phi) is 4.44. The molecule has 0 atom stereocenters. The number of carbonyl (C=O) groups is 1. The van der Waals surface area contributed by atoms with Crippen LogP contribution in [0.25, 0.3) is 0 Å². The molecule has 0 radical (unpaired) electrons. The van der Waals surface area contributed by atoms with Crippen LogP contribution in [0.15, 0.2) is 35.7 Å². The summed E-state index contributed by atoms with van der Waals surface area (Å²) in [6, 6.07) is 10.3. The maximum absolute atomic E-state index is 12.9. The summed E-state index contributed by atoms with van der Waals surface area (Å²) in [6.07, 6.45) is 2.81. The van der Waals surface area contributed by atoms with Crippen LogP contribution in [0.2, 0.25) is 0 Å². The Labute approximate surface area is 160 Å². The number of nitrogens with zero attached hydrogens (tertiary/aromatic N) is 1. The van der Waals surface area contributed by atoms with Crippen LogP contribution in [-0.4, -0.2) is 30.5 Å². The Bertz CT molecular complexity index is 792. The van der Waals surface area contributed by atoms with E-state index in [-0.39, 0.29) is 16.9 Å². The van der Waals surface area contributed by atoms with E-state index < -0.39 is 0 Å². The van der Waals surface area contributed by atoms with Crippen molar-refractivity contribution in [2.45, 2.75) is 51.0 Å². The highest BCUT2D eigenvalue weighted by molar-refractivity contribution is 7.10. The number of hydrogen-bond donors (Lipinski definition) is 0. The normalized spacial score (nSPS) is 19.4. The molecule has 4 rings (SSSR count). The summed E-state index contributed by atoms with van der Waals surface area (Å²) in [6.45, 7) is 8.89. The van der Waals surface area contributed by atoms with E-state index in [1.54, 1.807) is 0 Å². The Balaban J connectivity index is 1.46. The van der Waals surface area contributed by atoms with E-state index in [0.717, 1.165) is 44.5 Å². The SMILES string of the molecule is CC(C)(C)c1ccc(C(=O)N2CCC3(CC2)OCCc2sccc23)cc1. The monoisotopic (exact) mass is 369 g/mol. The lowest BCUT2D eigenvalue weighted by atomic mass is 9.82. The first kappa shape index (κ1) is 17.7. The molecule has 0 saturated carbocycles. The van der Waals surface area contributed by atoms with Crippen molar-refractivity contribution >= 4 is 17.2 Å². The van der Waals surface area contributed by atoms with Crippen molar-refractivity contribution in [1.29, 1.82) is 0 Å². The minimum absolute atomic E-state index is 0.107. The Morgan fingerprint density at radius 1 is 1.12 bits per heavy atom. The molecule has 0 aliphatic carbocycles. The molecule has 4 heteroatoms. The Morgan fingerprint density at radius 2 is 1.81 bits per heavy atom. The smallest absolute Gasteiger partial charge is 0.253 e. The Morgan fingerprint density at radius 3 is 2.46 bits per heavy atom. The molecule has 0 bridgehead atoms. The molecule has 1 saturated heterocycles. The van der Waals surface area contributed by atoms with Gasteiger partial charge in [-0.2, -0.15) is 0 Å². The highest BCUT2D eigenvalue weighted by Crippen LogP contribution is 2.43. The van der Waals surface area contributed by atoms with E-state index in [1.807, 2.05) is 28.4 Å². The predicted octanol–water partition coefficient (Wildman–Crippen LogP) is 4.75. The first-order chi connectivity index (χ1) is 12.4. The molecule has 2 aliphatic rings. The fraction of sp³-hybridized carbons (Fsp3) is 0.500. The van der Waals surface area contributed by atoms with Crippen LogP contribution in [0.3, 0.4) is 0 Å². The lowest BCUT2D eigenvalue weighted by molar-refractivity contribution is -0.0926. The molecular formula is C22H27NO2S. The van der Waals surface area contributed by atoms with Crippen molar-refractivity contribution < 1.29 is 9.53 Å². The quantitative estimate of drug-likeness (QED) is 0.726. The summed E-state index contributed by atoms with van der Waals surface area (Å²) < 4.78 is 6.25. The fourth-order valence-corrected chi connectivity index (χ4v) is 5.09. The summed E-state index contributed by atoms with van der Waals surface area (Å²) in [7, 11) is 0. The number of amides is 1. The van der Waals surface area contributed by atoms with E-state index in [2.05, 4.69) is 44.4 Å². The number of hydrogen-bond acceptors (Lipinski definition) is 3. The number of rotatable bonds is 1. The van der Waals surface area contributed by atoms with Crippen molar-refractivity contribution in [2.75, 3.05) is 19.7 Å². The second-order valence-corrected chi connectivity index (χ2v) is 9.47. The zero-order valence-corrected chi connectivity index (χ0v) is 16.7. The van der Waals surface area contributed by atoms with Gasteiger partial charge in [0, 0.05) is 30.0 Å². The maximum Gasteiger partial charge on any atom is 0.253 e. The molecule has 138 valence electrons. The molecule has 0 N–H and O–H groups in total. The van der Waals surface area contributed by atoms with E-state index >= 15 is 0 Å². The predicted molar refractivity (Wildman–Crippen MR) is 106 cm³/mol. The van der Waals surface area contributed by atoms with Gasteiger partial charge in [0.1, 0.15) is 0 Å². The first-order valence-corrected chi connectivity index (χ1v) is 10.4. The lowest BCUT2D eigenvalue weighted by Crippen LogP contribution is -2.48. The largest absolute Gasteiger partial charge is 0.370 e. The number of ether oxygens (including phenoxy) is 1. The van der Waals surface area contributed by atoms with Gasteiger partial charge in [0.15, 0.2) is 0 Å². The molecule has 1 aromatic carbocycles. The van der Waals surface area contributed by atoms with Crippen molar-refractivity contribution in [2.24, 2.45) is 0 Å². The van der Waals surface area contributed by atoms with Crippen LogP contribution < -0.4 is 0 Å². The van der Waals surface area contributed by atoms with Gasteiger partial charge in [-0.1, -0.05) is 32.9 Å². The molecule has 1 spiro atoms.